The smallest absolute Gasteiger partial charge is 0.133 e. The van der Waals surface area contributed by atoms with E-state index in [9.17, 15) is 4.79 Å². The number of rotatable bonds is 3. The number of Topliss-reactive ketones (excluding diaryl/α,β-unsaturated/α-hetero) is 1. The number of carbonyl (C=O) groups excluding carboxylic acids is 1. The molecule has 0 aliphatic heterocycles. The van der Waals surface area contributed by atoms with Gasteiger partial charge in [0.1, 0.15) is 11.5 Å². The van der Waals surface area contributed by atoms with E-state index in [1.807, 2.05) is 26.0 Å². The standard InChI is InChI=1S/C14H18O2/c1-10(2)16-14-7-4-11(5-8-14)12-3-6-13(15)9-12/h4-5,7-8,10,12H,3,6,9H2,1-2H3. The Hall–Kier alpha value is -1.31. The second-order valence-electron chi connectivity index (χ2n) is 4.71. The van der Waals surface area contributed by atoms with Gasteiger partial charge < -0.3 is 4.74 Å². The van der Waals surface area contributed by atoms with Gasteiger partial charge in [0.05, 0.1) is 6.10 Å². The topological polar surface area (TPSA) is 26.3 Å². The minimum atomic E-state index is 0.207. The van der Waals surface area contributed by atoms with E-state index in [2.05, 4.69) is 12.1 Å². The molecule has 0 spiro atoms. The van der Waals surface area contributed by atoms with E-state index in [1.54, 1.807) is 0 Å². The zero-order valence-corrected chi connectivity index (χ0v) is 9.90. The minimum Gasteiger partial charge on any atom is -0.491 e. The van der Waals surface area contributed by atoms with E-state index < -0.39 is 0 Å². The predicted octanol–water partition coefficient (Wildman–Crippen LogP) is 3.31. The molecule has 1 fully saturated rings. The third-order valence-corrected chi connectivity index (χ3v) is 2.97. The minimum absolute atomic E-state index is 0.207. The molecule has 16 heavy (non-hydrogen) atoms. The molecule has 0 amide bonds. The van der Waals surface area contributed by atoms with Crippen LogP contribution in [0.3, 0.4) is 0 Å². The average Bonchev–Trinajstić information content (AvgIpc) is 2.65. The Balaban J connectivity index is 2.04. The molecule has 1 atom stereocenters. The average molecular weight is 218 g/mol. The Morgan fingerprint density at radius 3 is 2.44 bits per heavy atom. The Bertz CT molecular complexity index is 365. The van der Waals surface area contributed by atoms with Crippen LogP contribution in [0, 0.1) is 0 Å². The number of benzene rings is 1. The number of hydrogen-bond donors (Lipinski definition) is 0. The molecule has 1 aromatic carbocycles. The molecule has 0 saturated heterocycles. The molecule has 0 N–H and O–H groups in total. The highest BCUT2D eigenvalue weighted by molar-refractivity contribution is 5.81. The summed E-state index contributed by atoms with van der Waals surface area (Å²) in [6.07, 6.45) is 2.67. The zero-order valence-electron chi connectivity index (χ0n) is 9.90. The maximum atomic E-state index is 11.2. The van der Waals surface area contributed by atoms with Crippen LogP contribution in [-0.2, 0) is 4.79 Å². The third-order valence-electron chi connectivity index (χ3n) is 2.97. The molecule has 1 aliphatic carbocycles. The van der Waals surface area contributed by atoms with Gasteiger partial charge in [-0.1, -0.05) is 12.1 Å². The number of hydrogen-bond acceptors (Lipinski definition) is 2. The first-order valence-corrected chi connectivity index (χ1v) is 5.93. The molecule has 0 heterocycles. The molecular formula is C14H18O2. The molecule has 1 aromatic rings. The number of ketones is 1. The van der Waals surface area contributed by atoms with Gasteiger partial charge in [0.15, 0.2) is 0 Å². The number of carbonyl (C=O) groups is 1. The van der Waals surface area contributed by atoms with Crippen LogP contribution in [0.4, 0.5) is 0 Å². The molecule has 2 heteroatoms. The molecule has 86 valence electrons. The van der Waals surface area contributed by atoms with Crippen LogP contribution in [0.2, 0.25) is 0 Å². The maximum absolute atomic E-state index is 11.2. The van der Waals surface area contributed by atoms with E-state index in [0.29, 0.717) is 18.1 Å². The highest BCUT2D eigenvalue weighted by atomic mass is 16.5. The van der Waals surface area contributed by atoms with Crippen molar-refractivity contribution < 1.29 is 9.53 Å². The second kappa shape index (κ2) is 4.69. The van der Waals surface area contributed by atoms with Crippen molar-refractivity contribution in [1.82, 2.24) is 0 Å². The summed E-state index contributed by atoms with van der Waals surface area (Å²) in [6, 6.07) is 8.16. The van der Waals surface area contributed by atoms with Crippen molar-refractivity contribution in [2.45, 2.75) is 45.1 Å². The van der Waals surface area contributed by atoms with Gasteiger partial charge in [-0.05, 0) is 43.9 Å². The normalized spacial score (nSPS) is 20.4. The van der Waals surface area contributed by atoms with E-state index >= 15 is 0 Å². The van der Waals surface area contributed by atoms with Crippen LogP contribution in [0.25, 0.3) is 0 Å². The SMILES string of the molecule is CC(C)Oc1ccc(C2CCC(=O)C2)cc1. The second-order valence-corrected chi connectivity index (χ2v) is 4.71. The Labute approximate surface area is 96.6 Å². The summed E-state index contributed by atoms with van der Waals surface area (Å²) < 4.78 is 5.59. The zero-order chi connectivity index (χ0) is 11.5. The summed E-state index contributed by atoms with van der Waals surface area (Å²) in [7, 11) is 0. The van der Waals surface area contributed by atoms with Gasteiger partial charge in [-0.25, -0.2) is 0 Å². The molecule has 0 aromatic heterocycles. The Morgan fingerprint density at radius 1 is 1.25 bits per heavy atom. The van der Waals surface area contributed by atoms with Crippen molar-refractivity contribution in [3.63, 3.8) is 0 Å². The van der Waals surface area contributed by atoms with Crippen LogP contribution < -0.4 is 4.74 Å². The fraction of sp³-hybridized carbons (Fsp3) is 0.500. The fourth-order valence-electron chi connectivity index (χ4n) is 2.19. The summed E-state index contributed by atoms with van der Waals surface area (Å²) in [5.74, 6) is 1.73. The van der Waals surface area contributed by atoms with E-state index in [4.69, 9.17) is 4.74 Å². The van der Waals surface area contributed by atoms with Crippen LogP contribution in [-0.4, -0.2) is 11.9 Å². The summed E-state index contributed by atoms with van der Waals surface area (Å²) in [4.78, 5) is 11.2. The third kappa shape index (κ3) is 2.63. The fourth-order valence-corrected chi connectivity index (χ4v) is 2.19. The summed E-state index contributed by atoms with van der Waals surface area (Å²) in [5.41, 5.74) is 1.27. The van der Waals surface area contributed by atoms with Gasteiger partial charge in [-0.3, -0.25) is 4.79 Å². The summed E-state index contributed by atoms with van der Waals surface area (Å²) in [5, 5.41) is 0. The van der Waals surface area contributed by atoms with Gasteiger partial charge in [-0.15, -0.1) is 0 Å². The van der Waals surface area contributed by atoms with E-state index in [-0.39, 0.29) is 6.10 Å². The van der Waals surface area contributed by atoms with Crippen molar-refractivity contribution in [2.24, 2.45) is 0 Å². The lowest BCUT2D eigenvalue weighted by atomic mass is 9.98. The molecule has 0 radical (unpaired) electrons. The quantitative estimate of drug-likeness (QED) is 0.778. The van der Waals surface area contributed by atoms with E-state index in [0.717, 1.165) is 18.6 Å². The highest BCUT2D eigenvalue weighted by Crippen LogP contribution is 2.32. The molecule has 0 bridgehead atoms. The van der Waals surface area contributed by atoms with Crippen molar-refractivity contribution in [2.75, 3.05) is 0 Å². The number of ether oxygens (including phenoxy) is 1. The maximum Gasteiger partial charge on any atom is 0.133 e. The van der Waals surface area contributed by atoms with Crippen molar-refractivity contribution >= 4 is 5.78 Å². The Kier molecular flexibility index (Phi) is 3.28. The van der Waals surface area contributed by atoms with Gasteiger partial charge in [0.25, 0.3) is 0 Å². The van der Waals surface area contributed by atoms with Crippen LogP contribution >= 0.6 is 0 Å². The van der Waals surface area contributed by atoms with Gasteiger partial charge in [0.2, 0.25) is 0 Å². The predicted molar refractivity (Wildman–Crippen MR) is 63.8 cm³/mol. The molecule has 1 aliphatic rings. The lowest BCUT2D eigenvalue weighted by molar-refractivity contribution is -0.117. The van der Waals surface area contributed by atoms with Gasteiger partial charge >= 0.3 is 0 Å². The van der Waals surface area contributed by atoms with Crippen LogP contribution in [0.15, 0.2) is 24.3 Å². The molecule has 1 saturated carbocycles. The Morgan fingerprint density at radius 2 is 1.94 bits per heavy atom. The van der Waals surface area contributed by atoms with E-state index in [1.165, 1.54) is 5.56 Å². The molecule has 1 unspecified atom stereocenters. The first-order chi connectivity index (χ1) is 7.65. The molecule has 2 nitrogen and oxygen atoms in total. The van der Waals surface area contributed by atoms with Crippen LogP contribution in [0.5, 0.6) is 5.75 Å². The molecule has 2 rings (SSSR count). The van der Waals surface area contributed by atoms with Crippen molar-refractivity contribution in [3.8, 4) is 5.75 Å². The van der Waals surface area contributed by atoms with Crippen molar-refractivity contribution in [3.05, 3.63) is 29.8 Å². The largest absolute Gasteiger partial charge is 0.491 e. The van der Waals surface area contributed by atoms with Gasteiger partial charge in [-0.2, -0.15) is 0 Å². The lowest BCUT2D eigenvalue weighted by Gasteiger charge is -2.12. The van der Waals surface area contributed by atoms with Crippen LogP contribution in [0.1, 0.15) is 44.6 Å². The lowest BCUT2D eigenvalue weighted by Crippen LogP contribution is -2.05. The monoisotopic (exact) mass is 218 g/mol. The first-order valence-electron chi connectivity index (χ1n) is 5.93. The highest BCUT2D eigenvalue weighted by Gasteiger charge is 2.23. The van der Waals surface area contributed by atoms with Gasteiger partial charge in [0, 0.05) is 12.8 Å². The summed E-state index contributed by atoms with van der Waals surface area (Å²) in [6.45, 7) is 4.03. The first kappa shape index (κ1) is 11.2. The molecular weight excluding hydrogens is 200 g/mol. The van der Waals surface area contributed by atoms with Crippen molar-refractivity contribution in [1.29, 1.82) is 0 Å². The summed E-state index contributed by atoms with van der Waals surface area (Å²) >= 11 is 0.